The fourth-order valence-corrected chi connectivity index (χ4v) is 1.84. The Morgan fingerprint density at radius 1 is 1.00 bits per heavy atom. The summed E-state index contributed by atoms with van der Waals surface area (Å²) in [6, 6.07) is 14.8. The molecule has 2 rings (SSSR count). The van der Waals surface area contributed by atoms with Crippen LogP contribution in [-0.4, -0.2) is 0 Å². The second-order valence-corrected chi connectivity index (χ2v) is 4.14. The van der Waals surface area contributed by atoms with Gasteiger partial charge in [-0.2, -0.15) is 0 Å². The van der Waals surface area contributed by atoms with Gasteiger partial charge in [0.1, 0.15) is 0 Å². The lowest BCUT2D eigenvalue weighted by molar-refractivity contribution is 1.14. The van der Waals surface area contributed by atoms with Crippen molar-refractivity contribution in [2.45, 2.75) is 20.3 Å². The predicted octanol–water partition coefficient (Wildman–Crippen LogP) is 3.81. The number of nitrogen functional groups attached to an aromatic ring is 1. The number of rotatable bonds is 2. The Labute approximate surface area is 96.9 Å². The van der Waals surface area contributed by atoms with Gasteiger partial charge in [-0.25, -0.2) is 0 Å². The Bertz CT molecular complexity index is 483. The third-order valence-corrected chi connectivity index (χ3v) is 2.88. The molecule has 82 valence electrons. The minimum atomic E-state index is 0.842. The van der Waals surface area contributed by atoms with Crippen LogP contribution in [0.4, 0.5) is 5.69 Å². The molecule has 0 spiro atoms. The maximum absolute atomic E-state index is 5.99. The van der Waals surface area contributed by atoms with Crippen molar-refractivity contribution in [3.8, 4) is 11.1 Å². The number of hydrogen-bond donors (Lipinski definition) is 1. The van der Waals surface area contributed by atoms with Crippen molar-refractivity contribution in [1.29, 1.82) is 0 Å². The molecule has 2 N–H and O–H groups in total. The Hall–Kier alpha value is -1.76. The van der Waals surface area contributed by atoms with E-state index in [1.165, 1.54) is 16.7 Å². The monoisotopic (exact) mass is 211 g/mol. The quantitative estimate of drug-likeness (QED) is 0.751. The van der Waals surface area contributed by atoms with Gasteiger partial charge in [0, 0.05) is 11.3 Å². The van der Waals surface area contributed by atoms with Crippen molar-refractivity contribution in [2.24, 2.45) is 0 Å². The second-order valence-electron chi connectivity index (χ2n) is 4.14. The maximum Gasteiger partial charge on any atom is 0.0393 e. The van der Waals surface area contributed by atoms with Crippen LogP contribution in [0.1, 0.15) is 18.1 Å². The van der Waals surface area contributed by atoms with Gasteiger partial charge in [0.25, 0.3) is 0 Å². The van der Waals surface area contributed by atoms with E-state index in [1.54, 1.807) is 0 Å². The van der Waals surface area contributed by atoms with Crippen molar-refractivity contribution in [3.05, 3.63) is 53.6 Å². The zero-order valence-electron chi connectivity index (χ0n) is 9.83. The predicted molar refractivity (Wildman–Crippen MR) is 70.4 cm³/mol. The number of aryl methyl sites for hydroxylation is 2. The summed E-state index contributed by atoms with van der Waals surface area (Å²) in [5.41, 5.74) is 11.8. The van der Waals surface area contributed by atoms with Crippen LogP contribution < -0.4 is 5.73 Å². The molecule has 0 atom stereocenters. The van der Waals surface area contributed by atoms with Crippen LogP contribution in [0.5, 0.6) is 0 Å². The van der Waals surface area contributed by atoms with E-state index in [9.17, 15) is 0 Å². The largest absolute Gasteiger partial charge is 0.398 e. The Kier molecular flexibility index (Phi) is 2.95. The lowest BCUT2D eigenvalue weighted by Crippen LogP contribution is -1.91. The third-order valence-electron chi connectivity index (χ3n) is 2.88. The molecule has 1 nitrogen and oxygen atoms in total. The Balaban J connectivity index is 2.45. The van der Waals surface area contributed by atoms with E-state index in [-0.39, 0.29) is 0 Å². The SMILES string of the molecule is CCc1ccc(-c2cc(C)ccc2N)cc1. The van der Waals surface area contributed by atoms with Crippen LogP contribution in [0, 0.1) is 6.92 Å². The van der Waals surface area contributed by atoms with Crippen LogP contribution in [0.15, 0.2) is 42.5 Å². The maximum atomic E-state index is 5.99. The summed E-state index contributed by atoms with van der Waals surface area (Å²) in [5.74, 6) is 0. The van der Waals surface area contributed by atoms with Crippen molar-refractivity contribution in [1.82, 2.24) is 0 Å². The molecule has 16 heavy (non-hydrogen) atoms. The van der Waals surface area contributed by atoms with Crippen molar-refractivity contribution in [3.63, 3.8) is 0 Å². The smallest absolute Gasteiger partial charge is 0.0393 e. The molecule has 0 saturated carbocycles. The zero-order valence-corrected chi connectivity index (χ0v) is 9.83. The summed E-state index contributed by atoms with van der Waals surface area (Å²) in [5, 5.41) is 0. The van der Waals surface area contributed by atoms with Gasteiger partial charge >= 0.3 is 0 Å². The first kappa shape index (κ1) is 10.7. The van der Waals surface area contributed by atoms with Crippen molar-refractivity contribution in [2.75, 3.05) is 5.73 Å². The fraction of sp³-hybridized carbons (Fsp3) is 0.200. The number of benzene rings is 2. The van der Waals surface area contributed by atoms with Gasteiger partial charge in [-0.15, -0.1) is 0 Å². The summed E-state index contributed by atoms with van der Waals surface area (Å²) >= 11 is 0. The summed E-state index contributed by atoms with van der Waals surface area (Å²) in [6.45, 7) is 4.25. The molecule has 1 heteroatoms. The van der Waals surface area contributed by atoms with Crippen LogP contribution in [0.2, 0.25) is 0 Å². The van der Waals surface area contributed by atoms with Gasteiger partial charge in [-0.3, -0.25) is 0 Å². The van der Waals surface area contributed by atoms with E-state index in [0.717, 1.165) is 17.7 Å². The van der Waals surface area contributed by atoms with E-state index in [4.69, 9.17) is 5.73 Å². The van der Waals surface area contributed by atoms with Gasteiger partial charge < -0.3 is 5.73 Å². The fourth-order valence-electron chi connectivity index (χ4n) is 1.84. The number of anilines is 1. The Morgan fingerprint density at radius 2 is 1.69 bits per heavy atom. The highest BCUT2D eigenvalue weighted by Gasteiger charge is 2.02. The van der Waals surface area contributed by atoms with Crippen LogP contribution in [-0.2, 0) is 6.42 Å². The van der Waals surface area contributed by atoms with E-state index < -0.39 is 0 Å². The lowest BCUT2D eigenvalue weighted by atomic mass is 10.00. The first-order chi connectivity index (χ1) is 7.70. The molecule has 0 unspecified atom stereocenters. The minimum absolute atomic E-state index is 0.842. The topological polar surface area (TPSA) is 26.0 Å². The van der Waals surface area contributed by atoms with Gasteiger partial charge in [0.05, 0.1) is 0 Å². The molecule has 0 aliphatic rings. The molecule has 0 aliphatic carbocycles. The summed E-state index contributed by atoms with van der Waals surface area (Å²) in [7, 11) is 0. The van der Waals surface area contributed by atoms with Crippen molar-refractivity contribution >= 4 is 5.69 Å². The average Bonchev–Trinajstić information content (AvgIpc) is 2.32. The zero-order chi connectivity index (χ0) is 11.5. The lowest BCUT2D eigenvalue weighted by Gasteiger charge is -2.07. The summed E-state index contributed by atoms with van der Waals surface area (Å²) in [4.78, 5) is 0. The van der Waals surface area contributed by atoms with Gasteiger partial charge in [-0.05, 0) is 36.6 Å². The molecule has 0 amide bonds. The Morgan fingerprint density at radius 3 is 2.31 bits per heavy atom. The first-order valence-electron chi connectivity index (χ1n) is 5.66. The highest BCUT2D eigenvalue weighted by atomic mass is 14.6. The van der Waals surface area contributed by atoms with Gasteiger partial charge in [0.2, 0.25) is 0 Å². The summed E-state index contributed by atoms with van der Waals surface area (Å²) in [6.07, 6.45) is 1.07. The average molecular weight is 211 g/mol. The molecular weight excluding hydrogens is 194 g/mol. The van der Waals surface area contributed by atoms with E-state index in [0.29, 0.717) is 0 Å². The molecule has 0 fully saturated rings. The highest BCUT2D eigenvalue weighted by Crippen LogP contribution is 2.27. The van der Waals surface area contributed by atoms with Gasteiger partial charge in [-0.1, -0.05) is 42.8 Å². The highest BCUT2D eigenvalue weighted by molar-refractivity contribution is 5.76. The minimum Gasteiger partial charge on any atom is -0.398 e. The number of nitrogens with two attached hydrogens (primary N) is 1. The standard InChI is InChI=1S/C15H17N/c1-3-12-5-7-13(8-6-12)14-10-11(2)4-9-15(14)16/h4-10H,3,16H2,1-2H3. The third kappa shape index (κ3) is 2.08. The molecule has 0 saturated heterocycles. The van der Waals surface area contributed by atoms with E-state index in [1.807, 2.05) is 12.1 Å². The van der Waals surface area contributed by atoms with E-state index >= 15 is 0 Å². The van der Waals surface area contributed by atoms with Crippen LogP contribution in [0.3, 0.4) is 0 Å². The van der Waals surface area contributed by atoms with E-state index in [2.05, 4.69) is 44.2 Å². The molecule has 0 heterocycles. The van der Waals surface area contributed by atoms with Crippen molar-refractivity contribution < 1.29 is 0 Å². The van der Waals surface area contributed by atoms with Crippen LogP contribution >= 0.6 is 0 Å². The molecule has 0 aliphatic heterocycles. The molecule has 0 bridgehead atoms. The second kappa shape index (κ2) is 4.40. The molecule has 2 aromatic carbocycles. The summed E-state index contributed by atoms with van der Waals surface area (Å²) < 4.78 is 0. The molecule has 0 aromatic heterocycles. The van der Waals surface area contributed by atoms with Crippen LogP contribution in [0.25, 0.3) is 11.1 Å². The molecule has 0 radical (unpaired) electrons. The molecule has 2 aromatic rings. The molecular formula is C15H17N. The first-order valence-corrected chi connectivity index (χ1v) is 5.66. The number of hydrogen-bond acceptors (Lipinski definition) is 1. The normalized spacial score (nSPS) is 10.4. The van der Waals surface area contributed by atoms with Gasteiger partial charge in [0.15, 0.2) is 0 Å².